The number of fused-ring (bicyclic) bond motifs is 2. The molecule has 0 aromatic heterocycles. The zero-order valence-corrected chi connectivity index (χ0v) is 8.23. The van der Waals surface area contributed by atoms with E-state index in [1.54, 1.807) is 0 Å². The van der Waals surface area contributed by atoms with Crippen LogP contribution in [-0.2, 0) is 0 Å². The van der Waals surface area contributed by atoms with Gasteiger partial charge in [-0.2, -0.15) is 11.8 Å². The summed E-state index contributed by atoms with van der Waals surface area (Å²) in [6.07, 6.45) is 2.91. The summed E-state index contributed by atoms with van der Waals surface area (Å²) in [5.41, 5.74) is 0. The lowest BCUT2D eigenvalue weighted by molar-refractivity contribution is 0.166. The van der Waals surface area contributed by atoms with Gasteiger partial charge in [0.05, 0.1) is 0 Å². The fourth-order valence-electron chi connectivity index (χ4n) is 2.50. The van der Waals surface area contributed by atoms with Crippen molar-refractivity contribution in [2.45, 2.75) is 44.8 Å². The SMILES string of the molecule is CC(C)N1C2CCC1CSC2. The number of rotatable bonds is 1. The Morgan fingerprint density at radius 2 is 1.73 bits per heavy atom. The Morgan fingerprint density at radius 3 is 2.09 bits per heavy atom. The van der Waals surface area contributed by atoms with Crippen LogP contribution in [0.2, 0.25) is 0 Å². The van der Waals surface area contributed by atoms with E-state index in [4.69, 9.17) is 0 Å². The summed E-state index contributed by atoms with van der Waals surface area (Å²) < 4.78 is 0. The lowest BCUT2D eigenvalue weighted by atomic mass is 10.2. The topological polar surface area (TPSA) is 3.24 Å². The predicted molar refractivity (Wildman–Crippen MR) is 51.1 cm³/mol. The van der Waals surface area contributed by atoms with Gasteiger partial charge in [0.15, 0.2) is 0 Å². The van der Waals surface area contributed by atoms with Gasteiger partial charge >= 0.3 is 0 Å². The molecule has 0 spiro atoms. The van der Waals surface area contributed by atoms with E-state index in [2.05, 4.69) is 30.5 Å². The minimum atomic E-state index is 0.772. The van der Waals surface area contributed by atoms with Crippen molar-refractivity contribution >= 4 is 11.8 Å². The first-order valence-corrected chi connectivity index (χ1v) is 5.79. The first kappa shape index (κ1) is 7.93. The Hall–Kier alpha value is 0.310. The van der Waals surface area contributed by atoms with Crippen LogP contribution in [0.15, 0.2) is 0 Å². The number of hydrogen-bond donors (Lipinski definition) is 0. The molecule has 2 rings (SSSR count). The van der Waals surface area contributed by atoms with Gasteiger partial charge in [-0.1, -0.05) is 0 Å². The molecule has 11 heavy (non-hydrogen) atoms. The van der Waals surface area contributed by atoms with Crippen molar-refractivity contribution in [3.63, 3.8) is 0 Å². The van der Waals surface area contributed by atoms with E-state index < -0.39 is 0 Å². The van der Waals surface area contributed by atoms with E-state index in [9.17, 15) is 0 Å². The Kier molecular flexibility index (Phi) is 2.15. The summed E-state index contributed by atoms with van der Waals surface area (Å²) in [6, 6.07) is 2.60. The molecule has 1 nitrogen and oxygen atoms in total. The van der Waals surface area contributed by atoms with Crippen molar-refractivity contribution in [2.24, 2.45) is 0 Å². The van der Waals surface area contributed by atoms with Gasteiger partial charge in [0.25, 0.3) is 0 Å². The minimum absolute atomic E-state index is 0.772. The first-order chi connectivity index (χ1) is 5.29. The second-order valence-corrected chi connectivity index (χ2v) is 5.04. The molecule has 2 heterocycles. The Labute approximate surface area is 73.5 Å². The van der Waals surface area contributed by atoms with Crippen molar-refractivity contribution in [1.29, 1.82) is 0 Å². The number of thioether (sulfide) groups is 1. The summed E-state index contributed by atoms with van der Waals surface area (Å²) in [5.74, 6) is 2.77. The standard InChI is InChI=1S/C9H17NS/c1-7(2)10-8-3-4-9(10)6-11-5-8/h7-9H,3-6H2,1-2H3. The quantitative estimate of drug-likeness (QED) is 0.593. The maximum absolute atomic E-state index is 2.73. The van der Waals surface area contributed by atoms with Gasteiger partial charge in [0.1, 0.15) is 0 Å². The molecular weight excluding hydrogens is 154 g/mol. The molecule has 0 N–H and O–H groups in total. The van der Waals surface area contributed by atoms with Gasteiger partial charge in [-0.25, -0.2) is 0 Å². The summed E-state index contributed by atoms with van der Waals surface area (Å²) >= 11 is 2.15. The maximum Gasteiger partial charge on any atom is 0.0192 e. The second kappa shape index (κ2) is 2.98. The summed E-state index contributed by atoms with van der Waals surface area (Å²) in [4.78, 5) is 2.73. The highest BCUT2D eigenvalue weighted by Crippen LogP contribution is 2.35. The molecule has 2 aliphatic rings. The minimum Gasteiger partial charge on any atom is -0.293 e. The summed E-state index contributed by atoms with van der Waals surface area (Å²) in [7, 11) is 0. The van der Waals surface area contributed by atoms with Gasteiger partial charge in [-0.3, -0.25) is 4.90 Å². The molecule has 64 valence electrons. The van der Waals surface area contributed by atoms with Crippen molar-refractivity contribution in [3.05, 3.63) is 0 Å². The molecule has 0 aliphatic carbocycles. The van der Waals surface area contributed by atoms with Crippen LogP contribution < -0.4 is 0 Å². The van der Waals surface area contributed by atoms with Crippen LogP contribution in [0.3, 0.4) is 0 Å². The number of nitrogens with zero attached hydrogens (tertiary/aromatic N) is 1. The molecule has 0 radical (unpaired) electrons. The molecule has 2 unspecified atom stereocenters. The first-order valence-electron chi connectivity index (χ1n) is 4.64. The molecule has 2 saturated heterocycles. The van der Waals surface area contributed by atoms with E-state index >= 15 is 0 Å². The second-order valence-electron chi connectivity index (χ2n) is 3.96. The van der Waals surface area contributed by atoms with Crippen LogP contribution >= 0.6 is 11.8 Å². The van der Waals surface area contributed by atoms with E-state index in [0.717, 1.165) is 18.1 Å². The monoisotopic (exact) mass is 171 g/mol. The van der Waals surface area contributed by atoms with Crippen LogP contribution in [-0.4, -0.2) is 34.5 Å². The van der Waals surface area contributed by atoms with Gasteiger partial charge in [0, 0.05) is 29.6 Å². The van der Waals surface area contributed by atoms with Crippen LogP contribution in [0.25, 0.3) is 0 Å². The van der Waals surface area contributed by atoms with Gasteiger partial charge in [-0.05, 0) is 26.7 Å². The van der Waals surface area contributed by atoms with E-state index in [0.29, 0.717) is 0 Å². The molecule has 2 heteroatoms. The summed E-state index contributed by atoms with van der Waals surface area (Å²) in [5, 5.41) is 0. The van der Waals surface area contributed by atoms with Crippen molar-refractivity contribution in [3.8, 4) is 0 Å². The lowest BCUT2D eigenvalue weighted by Crippen LogP contribution is -2.46. The van der Waals surface area contributed by atoms with Crippen LogP contribution in [0.5, 0.6) is 0 Å². The highest BCUT2D eigenvalue weighted by molar-refractivity contribution is 7.99. The maximum atomic E-state index is 2.73. The van der Waals surface area contributed by atoms with Gasteiger partial charge in [0.2, 0.25) is 0 Å². The van der Waals surface area contributed by atoms with Crippen molar-refractivity contribution in [2.75, 3.05) is 11.5 Å². The third-order valence-electron chi connectivity index (χ3n) is 2.89. The lowest BCUT2D eigenvalue weighted by Gasteiger charge is -2.37. The van der Waals surface area contributed by atoms with Crippen LogP contribution in [0.1, 0.15) is 26.7 Å². The molecule has 2 bridgehead atoms. The normalized spacial score (nSPS) is 38.5. The molecular formula is C9H17NS. The smallest absolute Gasteiger partial charge is 0.0192 e. The number of hydrogen-bond acceptors (Lipinski definition) is 2. The molecule has 2 atom stereocenters. The average Bonchev–Trinajstić information content (AvgIpc) is 2.23. The highest BCUT2D eigenvalue weighted by Gasteiger charge is 2.37. The fraction of sp³-hybridized carbons (Fsp3) is 1.00. The van der Waals surface area contributed by atoms with Crippen LogP contribution in [0.4, 0.5) is 0 Å². The van der Waals surface area contributed by atoms with Gasteiger partial charge < -0.3 is 0 Å². The highest BCUT2D eigenvalue weighted by atomic mass is 32.2. The average molecular weight is 171 g/mol. The predicted octanol–water partition coefficient (Wildman–Crippen LogP) is 1.97. The molecule has 2 aliphatic heterocycles. The van der Waals surface area contributed by atoms with Crippen molar-refractivity contribution in [1.82, 2.24) is 4.90 Å². The largest absolute Gasteiger partial charge is 0.293 e. The van der Waals surface area contributed by atoms with E-state index in [-0.39, 0.29) is 0 Å². The Bertz CT molecular complexity index is 130. The zero-order chi connectivity index (χ0) is 7.84. The Balaban J connectivity index is 2.09. The van der Waals surface area contributed by atoms with E-state index in [1.165, 1.54) is 24.3 Å². The molecule has 2 fully saturated rings. The molecule has 0 saturated carbocycles. The van der Waals surface area contributed by atoms with Gasteiger partial charge in [-0.15, -0.1) is 0 Å². The van der Waals surface area contributed by atoms with E-state index in [1.807, 2.05) is 0 Å². The third kappa shape index (κ3) is 1.31. The summed E-state index contributed by atoms with van der Waals surface area (Å²) in [6.45, 7) is 4.67. The molecule has 0 amide bonds. The Morgan fingerprint density at radius 1 is 1.18 bits per heavy atom. The van der Waals surface area contributed by atoms with Crippen molar-refractivity contribution < 1.29 is 0 Å². The fourth-order valence-corrected chi connectivity index (χ4v) is 3.86. The molecule has 0 aromatic carbocycles. The zero-order valence-electron chi connectivity index (χ0n) is 7.42. The third-order valence-corrected chi connectivity index (χ3v) is 4.13. The van der Waals surface area contributed by atoms with Crippen LogP contribution in [0, 0.1) is 0 Å². The molecule has 0 aromatic rings.